The Labute approximate surface area is 124 Å². The maximum Gasteiger partial charge on any atom is 0.419 e. The second-order valence-electron chi connectivity index (χ2n) is 5.14. The summed E-state index contributed by atoms with van der Waals surface area (Å²) < 4.78 is 39.1. The Bertz CT molecular complexity index is 465. The van der Waals surface area contributed by atoms with Gasteiger partial charge in [0.15, 0.2) is 0 Å². The predicted octanol–water partition coefficient (Wildman–Crippen LogP) is 3.79. The van der Waals surface area contributed by atoms with Gasteiger partial charge in [0, 0.05) is 23.3 Å². The Kier molecular flexibility index (Phi) is 4.90. The smallest absolute Gasteiger partial charge is 0.369 e. The monoisotopic (exact) mass is 351 g/mol. The molecule has 0 spiro atoms. The van der Waals surface area contributed by atoms with Crippen molar-refractivity contribution in [2.75, 3.05) is 11.9 Å². The minimum atomic E-state index is -4.42. The molecule has 0 amide bonds. The number of anilines is 1. The topological polar surface area (TPSA) is 50.9 Å². The standard InChI is InChI=1S/C13H17BrF3N3/c14-9-5-10(13(15,16)17)12(20-7-9)19-6-8-3-1-2-4-11(8)18/h5,7-8,11H,1-4,6,18H2,(H,19,20). The Hall–Kier alpha value is -0.820. The molecule has 0 aliphatic heterocycles. The molecule has 0 aromatic carbocycles. The molecule has 1 saturated carbocycles. The third-order valence-electron chi connectivity index (χ3n) is 3.66. The second-order valence-corrected chi connectivity index (χ2v) is 6.05. The van der Waals surface area contributed by atoms with Crippen LogP contribution >= 0.6 is 15.9 Å². The van der Waals surface area contributed by atoms with E-state index in [1.807, 2.05) is 0 Å². The average Bonchev–Trinajstić information content (AvgIpc) is 2.38. The summed E-state index contributed by atoms with van der Waals surface area (Å²) in [6, 6.07) is 1.09. The van der Waals surface area contributed by atoms with Crippen LogP contribution in [-0.4, -0.2) is 17.6 Å². The molecular formula is C13H17BrF3N3. The van der Waals surface area contributed by atoms with Crippen LogP contribution < -0.4 is 11.1 Å². The van der Waals surface area contributed by atoms with Crippen molar-refractivity contribution in [1.82, 2.24) is 4.98 Å². The largest absolute Gasteiger partial charge is 0.419 e. The molecule has 2 unspecified atom stereocenters. The van der Waals surface area contributed by atoms with Crippen LogP contribution in [0.4, 0.5) is 19.0 Å². The number of rotatable bonds is 3. The molecule has 0 radical (unpaired) electrons. The van der Waals surface area contributed by atoms with Crippen LogP contribution in [0.3, 0.4) is 0 Å². The molecule has 3 N–H and O–H groups in total. The van der Waals surface area contributed by atoms with Gasteiger partial charge in [-0.05, 0) is 40.8 Å². The van der Waals surface area contributed by atoms with E-state index < -0.39 is 11.7 Å². The van der Waals surface area contributed by atoms with Crippen molar-refractivity contribution in [3.05, 3.63) is 22.3 Å². The van der Waals surface area contributed by atoms with Crippen LogP contribution in [0.5, 0.6) is 0 Å². The maximum atomic E-state index is 12.9. The van der Waals surface area contributed by atoms with Crippen molar-refractivity contribution in [3.8, 4) is 0 Å². The highest BCUT2D eigenvalue weighted by atomic mass is 79.9. The normalized spacial score (nSPS) is 23.6. The number of hydrogen-bond acceptors (Lipinski definition) is 3. The van der Waals surface area contributed by atoms with E-state index in [1.54, 1.807) is 0 Å². The van der Waals surface area contributed by atoms with E-state index in [9.17, 15) is 13.2 Å². The predicted molar refractivity (Wildman–Crippen MR) is 75.4 cm³/mol. The van der Waals surface area contributed by atoms with E-state index in [4.69, 9.17) is 5.73 Å². The first-order chi connectivity index (χ1) is 9.38. The number of pyridine rings is 1. The fraction of sp³-hybridized carbons (Fsp3) is 0.615. The van der Waals surface area contributed by atoms with Gasteiger partial charge in [0.25, 0.3) is 0 Å². The molecule has 0 saturated heterocycles. The lowest BCUT2D eigenvalue weighted by molar-refractivity contribution is -0.137. The molecule has 2 rings (SSSR count). The van der Waals surface area contributed by atoms with Crippen molar-refractivity contribution in [1.29, 1.82) is 0 Å². The number of aromatic nitrogens is 1. The van der Waals surface area contributed by atoms with Gasteiger partial charge in [-0.3, -0.25) is 0 Å². The van der Waals surface area contributed by atoms with Gasteiger partial charge < -0.3 is 11.1 Å². The summed E-state index contributed by atoms with van der Waals surface area (Å²) in [4.78, 5) is 3.84. The Morgan fingerprint density at radius 2 is 2.05 bits per heavy atom. The zero-order valence-electron chi connectivity index (χ0n) is 10.9. The molecule has 3 nitrogen and oxygen atoms in total. The van der Waals surface area contributed by atoms with Crippen LogP contribution in [0.15, 0.2) is 16.7 Å². The summed E-state index contributed by atoms with van der Waals surface area (Å²) in [6.07, 6.45) is 1.01. The van der Waals surface area contributed by atoms with Crippen LogP contribution in [0, 0.1) is 5.92 Å². The Morgan fingerprint density at radius 3 is 2.70 bits per heavy atom. The number of nitrogens with zero attached hydrogens (tertiary/aromatic N) is 1. The SMILES string of the molecule is NC1CCCCC1CNc1ncc(Br)cc1C(F)(F)F. The number of halogens is 4. The molecule has 1 aromatic rings. The van der Waals surface area contributed by atoms with Crippen LogP contribution in [0.1, 0.15) is 31.2 Å². The van der Waals surface area contributed by atoms with Gasteiger partial charge in [0.05, 0.1) is 5.56 Å². The fourth-order valence-corrected chi connectivity index (χ4v) is 2.85. The minimum absolute atomic E-state index is 0.0565. The molecule has 1 fully saturated rings. The lowest BCUT2D eigenvalue weighted by atomic mass is 9.85. The quantitative estimate of drug-likeness (QED) is 0.870. The molecule has 0 bridgehead atoms. The van der Waals surface area contributed by atoms with Gasteiger partial charge in [-0.2, -0.15) is 13.2 Å². The van der Waals surface area contributed by atoms with Crippen molar-refractivity contribution in [2.24, 2.45) is 11.7 Å². The van der Waals surface area contributed by atoms with E-state index in [1.165, 1.54) is 6.20 Å². The average molecular weight is 352 g/mol. The highest BCUT2D eigenvalue weighted by Gasteiger charge is 2.35. The van der Waals surface area contributed by atoms with E-state index in [0.717, 1.165) is 31.7 Å². The molecular weight excluding hydrogens is 335 g/mol. The highest BCUT2D eigenvalue weighted by Crippen LogP contribution is 2.35. The molecule has 1 aliphatic carbocycles. The zero-order chi connectivity index (χ0) is 14.8. The highest BCUT2D eigenvalue weighted by molar-refractivity contribution is 9.10. The first kappa shape index (κ1) is 15.6. The third-order valence-corrected chi connectivity index (χ3v) is 4.09. The maximum absolute atomic E-state index is 12.9. The Balaban J connectivity index is 2.09. The van der Waals surface area contributed by atoms with Gasteiger partial charge >= 0.3 is 6.18 Å². The van der Waals surface area contributed by atoms with Crippen molar-refractivity contribution >= 4 is 21.7 Å². The summed E-state index contributed by atoms with van der Waals surface area (Å²) in [7, 11) is 0. The molecule has 7 heteroatoms. The van der Waals surface area contributed by atoms with Gasteiger partial charge in [0.1, 0.15) is 5.82 Å². The molecule has 1 aromatic heterocycles. The number of hydrogen-bond donors (Lipinski definition) is 2. The number of nitrogens with two attached hydrogens (primary N) is 1. The van der Waals surface area contributed by atoms with Crippen molar-refractivity contribution in [3.63, 3.8) is 0 Å². The van der Waals surface area contributed by atoms with Crippen molar-refractivity contribution in [2.45, 2.75) is 37.9 Å². The van der Waals surface area contributed by atoms with Crippen LogP contribution in [0.25, 0.3) is 0 Å². The first-order valence-corrected chi connectivity index (χ1v) is 7.39. The van der Waals surface area contributed by atoms with E-state index >= 15 is 0 Å². The minimum Gasteiger partial charge on any atom is -0.369 e. The summed E-state index contributed by atoms with van der Waals surface area (Å²) in [5.74, 6) is 0.0775. The molecule has 20 heavy (non-hydrogen) atoms. The van der Waals surface area contributed by atoms with E-state index in [2.05, 4.69) is 26.2 Å². The molecule has 112 valence electrons. The molecule has 1 heterocycles. The van der Waals surface area contributed by atoms with E-state index in [0.29, 0.717) is 11.0 Å². The van der Waals surface area contributed by atoms with Gasteiger partial charge in [-0.15, -0.1) is 0 Å². The lowest BCUT2D eigenvalue weighted by Gasteiger charge is -2.29. The zero-order valence-corrected chi connectivity index (χ0v) is 12.5. The fourth-order valence-electron chi connectivity index (χ4n) is 2.51. The van der Waals surface area contributed by atoms with Crippen molar-refractivity contribution < 1.29 is 13.2 Å². The molecule has 1 aliphatic rings. The third kappa shape index (κ3) is 3.85. The van der Waals surface area contributed by atoms with Crippen LogP contribution in [0.2, 0.25) is 0 Å². The summed E-state index contributed by atoms with van der Waals surface area (Å²) in [5, 5.41) is 2.82. The first-order valence-electron chi connectivity index (χ1n) is 6.60. The van der Waals surface area contributed by atoms with Crippen LogP contribution in [-0.2, 0) is 6.18 Å². The van der Waals surface area contributed by atoms with Gasteiger partial charge in [-0.25, -0.2) is 4.98 Å². The second kappa shape index (κ2) is 6.30. The van der Waals surface area contributed by atoms with Gasteiger partial charge in [-0.1, -0.05) is 12.8 Å². The number of alkyl halides is 3. The molecule has 2 atom stereocenters. The Morgan fingerprint density at radius 1 is 1.35 bits per heavy atom. The lowest BCUT2D eigenvalue weighted by Crippen LogP contribution is -2.37. The summed E-state index contributed by atoms with van der Waals surface area (Å²) >= 11 is 3.02. The summed E-state index contributed by atoms with van der Waals surface area (Å²) in [5.41, 5.74) is 5.25. The van der Waals surface area contributed by atoms with Gasteiger partial charge in [0.2, 0.25) is 0 Å². The van der Waals surface area contributed by atoms with E-state index in [-0.39, 0.29) is 17.8 Å². The summed E-state index contributed by atoms with van der Waals surface area (Å²) in [6.45, 7) is 0.429. The number of nitrogens with one attached hydrogen (secondary N) is 1.